The van der Waals surface area contributed by atoms with E-state index in [0.29, 0.717) is 12.0 Å². The van der Waals surface area contributed by atoms with E-state index in [-0.39, 0.29) is 11.6 Å². The van der Waals surface area contributed by atoms with Gasteiger partial charge in [-0.05, 0) is 48.6 Å². The Morgan fingerprint density at radius 1 is 1.19 bits per heavy atom. The molecule has 0 radical (unpaired) electrons. The number of nitrogens with zero attached hydrogens (tertiary/aromatic N) is 2. The molecule has 0 aliphatic heterocycles. The molecule has 0 spiro atoms. The molecule has 1 aromatic carbocycles. The number of Topliss-reactive ketones (excluding diaryl/α,β-unsaturated/α-hetero) is 1. The number of carbonyl (C=O) groups is 1. The van der Waals surface area contributed by atoms with Gasteiger partial charge in [0, 0.05) is 29.2 Å². The second-order valence-electron chi connectivity index (χ2n) is 5.51. The highest BCUT2D eigenvalue weighted by atomic mass is 32.2. The van der Waals surface area contributed by atoms with Gasteiger partial charge >= 0.3 is 0 Å². The third-order valence-electron chi connectivity index (χ3n) is 3.57. The molecule has 0 saturated heterocycles. The standard InChI is InChI=1S/C18H18FN3OS3/c19-14-7-5-13(6-8-14)16(23)4-2-12-25-18-22-21-17(26-18)20-10-9-15-3-1-11-24-15/h1,3,5-8,11H,2,4,9-10,12H2,(H,20,21). The van der Waals surface area contributed by atoms with Crippen LogP contribution in [0.25, 0.3) is 0 Å². The Kier molecular flexibility index (Phi) is 7.16. The Morgan fingerprint density at radius 2 is 2.04 bits per heavy atom. The van der Waals surface area contributed by atoms with Crippen molar-refractivity contribution in [2.75, 3.05) is 17.6 Å². The lowest BCUT2D eigenvalue weighted by molar-refractivity contribution is 0.0982. The van der Waals surface area contributed by atoms with Crippen LogP contribution in [-0.2, 0) is 6.42 Å². The summed E-state index contributed by atoms with van der Waals surface area (Å²) in [5.41, 5.74) is 0.560. The van der Waals surface area contributed by atoms with Crippen LogP contribution in [0.2, 0.25) is 0 Å². The molecule has 136 valence electrons. The van der Waals surface area contributed by atoms with Crippen LogP contribution in [0.5, 0.6) is 0 Å². The number of anilines is 1. The van der Waals surface area contributed by atoms with Crippen molar-refractivity contribution in [1.29, 1.82) is 0 Å². The van der Waals surface area contributed by atoms with Crippen molar-refractivity contribution in [3.8, 4) is 0 Å². The molecule has 8 heteroatoms. The van der Waals surface area contributed by atoms with Gasteiger partial charge in [0.2, 0.25) is 5.13 Å². The Morgan fingerprint density at radius 3 is 2.81 bits per heavy atom. The first-order chi connectivity index (χ1) is 12.7. The predicted molar refractivity (Wildman–Crippen MR) is 107 cm³/mol. The minimum absolute atomic E-state index is 0.0406. The summed E-state index contributed by atoms with van der Waals surface area (Å²) in [6.45, 7) is 0.839. The number of nitrogens with one attached hydrogen (secondary N) is 1. The number of aromatic nitrogens is 2. The van der Waals surface area contributed by atoms with Crippen molar-refractivity contribution >= 4 is 45.4 Å². The van der Waals surface area contributed by atoms with Crippen LogP contribution in [0.15, 0.2) is 46.1 Å². The van der Waals surface area contributed by atoms with Crippen molar-refractivity contribution in [1.82, 2.24) is 10.2 Å². The fourth-order valence-electron chi connectivity index (χ4n) is 2.26. The number of hydrogen-bond acceptors (Lipinski definition) is 7. The normalized spacial score (nSPS) is 10.8. The zero-order valence-electron chi connectivity index (χ0n) is 14.0. The quantitative estimate of drug-likeness (QED) is 0.286. The first kappa shape index (κ1) is 19.0. The highest BCUT2D eigenvalue weighted by Gasteiger charge is 2.08. The van der Waals surface area contributed by atoms with E-state index < -0.39 is 0 Å². The molecule has 4 nitrogen and oxygen atoms in total. The average Bonchev–Trinajstić information content (AvgIpc) is 3.31. The van der Waals surface area contributed by atoms with Gasteiger partial charge in [0.15, 0.2) is 10.1 Å². The van der Waals surface area contributed by atoms with Crippen LogP contribution in [0.3, 0.4) is 0 Å². The lowest BCUT2D eigenvalue weighted by atomic mass is 10.1. The van der Waals surface area contributed by atoms with Gasteiger partial charge in [0.25, 0.3) is 0 Å². The molecule has 0 fully saturated rings. The summed E-state index contributed by atoms with van der Waals surface area (Å²) < 4.78 is 13.8. The average molecular weight is 408 g/mol. The van der Waals surface area contributed by atoms with Crippen molar-refractivity contribution in [3.63, 3.8) is 0 Å². The zero-order valence-corrected chi connectivity index (χ0v) is 16.4. The minimum Gasteiger partial charge on any atom is -0.360 e. The highest BCUT2D eigenvalue weighted by Crippen LogP contribution is 2.26. The van der Waals surface area contributed by atoms with E-state index in [0.717, 1.165) is 34.6 Å². The van der Waals surface area contributed by atoms with Gasteiger partial charge < -0.3 is 5.32 Å². The lowest BCUT2D eigenvalue weighted by Gasteiger charge is -2.00. The molecule has 0 unspecified atom stereocenters. The number of thioether (sulfide) groups is 1. The SMILES string of the molecule is O=C(CCCSc1nnc(NCCc2cccs2)s1)c1ccc(F)cc1. The molecule has 0 aliphatic rings. The van der Waals surface area contributed by atoms with E-state index in [1.807, 2.05) is 0 Å². The van der Waals surface area contributed by atoms with Gasteiger partial charge in [0.1, 0.15) is 5.82 Å². The number of ketones is 1. The van der Waals surface area contributed by atoms with E-state index in [1.165, 1.54) is 40.5 Å². The van der Waals surface area contributed by atoms with Crippen molar-refractivity contribution < 1.29 is 9.18 Å². The third kappa shape index (κ3) is 5.89. The summed E-state index contributed by atoms with van der Waals surface area (Å²) in [5.74, 6) is 0.517. The fourth-order valence-corrected chi connectivity index (χ4v) is 4.76. The first-order valence-corrected chi connectivity index (χ1v) is 10.9. The van der Waals surface area contributed by atoms with Crippen LogP contribution in [0.4, 0.5) is 9.52 Å². The van der Waals surface area contributed by atoms with Gasteiger partial charge in [-0.15, -0.1) is 21.5 Å². The fraction of sp³-hybridized carbons (Fsp3) is 0.278. The Labute approximate surface area is 163 Å². The Bertz CT molecular complexity index is 819. The summed E-state index contributed by atoms with van der Waals surface area (Å²) in [6.07, 6.45) is 2.18. The van der Waals surface area contributed by atoms with Gasteiger partial charge in [-0.2, -0.15) is 0 Å². The first-order valence-electron chi connectivity index (χ1n) is 8.22. The van der Waals surface area contributed by atoms with E-state index in [1.54, 1.807) is 23.1 Å². The molecule has 3 aromatic rings. The van der Waals surface area contributed by atoms with Crippen LogP contribution in [-0.4, -0.2) is 28.3 Å². The maximum absolute atomic E-state index is 12.9. The Balaban J connectivity index is 1.34. The number of hydrogen-bond donors (Lipinski definition) is 1. The molecule has 26 heavy (non-hydrogen) atoms. The molecule has 0 saturated carbocycles. The molecule has 0 bridgehead atoms. The van der Waals surface area contributed by atoms with Crippen LogP contribution < -0.4 is 5.32 Å². The largest absolute Gasteiger partial charge is 0.360 e. The molecule has 2 heterocycles. The zero-order chi connectivity index (χ0) is 18.2. The van der Waals surface area contributed by atoms with Gasteiger partial charge in [0.05, 0.1) is 0 Å². The van der Waals surface area contributed by atoms with E-state index in [4.69, 9.17) is 0 Å². The smallest absolute Gasteiger partial charge is 0.206 e. The number of thiophene rings is 1. The maximum Gasteiger partial charge on any atom is 0.206 e. The van der Waals surface area contributed by atoms with Crippen LogP contribution in [0, 0.1) is 5.82 Å². The molecule has 0 atom stereocenters. The Hall–Kier alpha value is -1.77. The molecule has 0 aliphatic carbocycles. The topological polar surface area (TPSA) is 54.9 Å². The third-order valence-corrected chi connectivity index (χ3v) is 6.61. The highest BCUT2D eigenvalue weighted by molar-refractivity contribution is 8.01. The molecule has 3 rings (SSSR count). The van der Waals surface area contributed by atoms with Crippen LogP contribution in [0.1, 0.15) is 28.1 Å². The number of rotatable bonds is 10. The summed E-state index contributed by atoms with van der Waals surface area (Å²) >= 11 is 4.90. The molecular weight excluding hydrogens is 389 g/mol. The van der Waals surface area contributed by atoms with Crippen molar-refractivity contribution in [2.45, 2.75) is 23.6 Å². The van der Waals surface area contributed by atoms with Crippen molar-refractivity contribution in [2.24, 2.45) is 0 Å². The van der Waals surface area contributed by atoms with E-state index in [9.17, 15) is 9.18 Å². The van der Waals surface area contributed by atoms with Crippen molar-refractivity contribution in [3.05, 3.63) is 58.0 Å². The van der Waals surface area contributed by atoms with Gasteiger partial charge in [-0.1, -0.05) is 29.2 Å². The van der Waals surface area contributed by atoms with Gasteiger partial charge in [-0.3, -0.25) is 4.79 Å². The van der Waals surface area contributed by atoms with Crippen LogP contribution >= 0.6 is 34.4 Å². The monoisotopic (exact) mass is 407 g/mol. The number of benzene rings is 1. The summed E-state index contributed by atoms with van der Waals surface area (Å²) in [5, 5.41) is 14.5. The lowest BCUT2D eigenvalue weighted by Crippen LogP contribution is -2.03. The minimum atomic E-state index is -0.326. The maximum atomic E-state index is 12.9. The summed E-state index contributed by atoms with van der Waals surface area (Å²) in [6, 6.07) is 9.88. The summed E-state index contributed by atoms with van der Waals surface area (Å²) in [7, 11) is 0. The second-order valence-corrected chi connectivity index (χ2v) is 8.86. The predicted octanol–water partition coefficient (Wildman–Crippen LogP) is 5.15. The van der Waals surface area contributed by atoms with Gasteiger partial charge in [-0.25, -0.2) is 4.39 Å². The molecular formula is C18H18FN3OS3. The second kappa shape index (κ2) is 9.80. The molecule has 0 amide bonds. The molecule has 2 aromatic heterocycles. The number of halogens is 1. The van der Waals surface area contributed by atoms with E-state index in [2.05, 4.69) is 33.0 Å². The number of carbonyl (C=O) groups excluding carboxylic acids is 1. The summed E-state index contributed by atoms with van der Waals surface area (Å²) in [4.78, 5) is 13.4. The van der Waals surface area contributed by atoms with E-state index >= 15 is 0 Å². The molecule has 1 N–H and O–H groups in total.